The van der Waals surface area contributed by atoms with Crippen LogP contribution in [0.15, 0.2) is 48.5 Å². The van der Waals surface area contributed by atoms with Gasteiger partial charge in [-0.25, -0.2) is 9.59 Å². The summed E-state index contributed by atoms with van der Waals surface area (Å²) >= 11 is 0. The molecule has 0 aliphatic heterocycles. The van der Waals surface area contributed by atoms with E-state index >= 15 is 0 Å². The van der Waals surface area contributed by atoms with Crippen LogP contribution in [0.4, 0.5) is 4.79 Å². The number of carbonyl (C=O) groups is 2. The zero-order valence-electron chi connectivity index (χ0n) is 18.8. The lowest BCUT2D eigenvalue weighted by Gasteiger charge is -2.36. The van der Waals surface area contributed by atoms with Gasteiger partial charge in [-0.3, -0.25) is 0 Å². The highest BCUT2D eigenvalue weighted by Gasteiger charge is 2.38. The van der Waals surface area contributed by atoms with Gasteiger partial charge in [0.15, 0.2) is 14.4 Å². The number of carbonyl (C=O) groups excluding carboxylic acids is 1. The van der Waals surface area contributed by atoms with Crippen LogP contribution in [0.5, 0.6) is 0 Å². The van der Waals surface area contributed by atoms with Gasteiger partial charge in [-0.05, 0) is 40.4 Å². The normalized spacial score (nSPS) is 14.5. The molecular formula is C24H31NO5Si. The van der Waals surface area contributed by atoms with Gasteiger partial charge in [0.1, 0.15) is 6.61 Å². The number of hydrogen-bond donors (Lipinski definition) is 2. The van der Waals surface area contributed by atoms with E-state index in [0.29, 0.717) is 0 Å². The van der Waals surface area contributed by atoms with E-state index in [4.69, 9.17) is 9.16 Å². The van der Waals surface area contributed by atoms with Gasteiger partial charge in [0.25, 0.3) is 0 Å². The number of alkyl carbamates (subject to hydrolysis) is 1. The van der Waals surface area contributed by atoms with E-state index in [1.165, 1.54) is 0 Å². The Bertz CT molecular complexity index is 921. The number of fused-ring (bicyclic) bond motifs is 3. The third-order valence-electron chi connectivity index (χ3n) is 6.35. The molecule has 1 aliphatic rings. The van der Waals surface area contributed by atoms with E-state index in [-0.39, 0.29) is 24.2 Å². The highest BCUT2D eigenvalue weighted by Crippen LogP contribution is 2.44. The topological polar surface area (TPSA) is 84.9 Å². The lowest BCUT2D eigenvalue weighted by molar-refractivity contribution is -0.140. The van der Waals surface area contributed by atoms with E-state index in [1.807, 2.05) is 49.5 Å². The molecule has 2 aromatic rings. The predicted molar refractivity (Wildman–Crippen MR) is 123 cm³/mol. The fourth-order valence-corrected chi connectivity index (χ4v) is 4.48. The van der Waals surface area contributed by atoms with Crippen LogP contribution in [0.25, 0.3) is 11.1 Å². The van der Waals surface area contributed by atoms with Crippen LogP contribution in [0.2, 0.25) is 18.1 Å². The van der Waals surface area contributed by atoms with E-state index in [1.54, 1.807) is 0 Å². The fraction of sp³-hybridized carbons (Fsp3) is 0.417. The van der Waals surface area contributed by atoms with Crippen LogP contribution >= 0.6 is 0 Å². The van der Waals surface area contributed by atoms with E-state index in [9.17, 15) is 14.7 Å². The molecule has 1 atom stereocenters. The number of benzene rings is 2. The van der Waals surface area contributed by atoms with E-state index in [2.05, 4.69) is 38.2 Å². The quantitative estimate of drug-likeness (QED) is 0.591. The molecule has 0 saturated heterocycles. The minimum atomic E-state index is -2.14. The van der Waals surface area contributed by atoms with Crippen molar-refractivity contribution in [2.45, 2.75) is 50.9 Å². The first-order valence-corrected chi connectivity index (χ1v) is 13.4. The van der Waals surface area contributed by atoms with Gasteiger partial charge in [0.05, 0.1) is 6.61 Å². The SMILES string of the molecule is CC(C)(C)[Si](C)(C)OC[C@@H](NC(=O)OCC1c2ccccc2-c2ccccc21)C(=O)O. The summed E-state index contributed by atoms with van der Waals surface area (Å²) < 4.78 is 11.4. The van der Waals surface area contributed by atoms with Crippen LogP contribution in [0.3, 0.4) is 0 Å². The Morgan fingerprint density at radius 1 is 1.03 bits per heavy atom. The molecule has 2 N–H and O–H groups in total. The van der Waals surface area contributed by atoms with Gasteiger partial charge < -0.3 is 19.6 Å². The van der Waals surface area contributed by atoms with Gasteiger partial charge in [-0.1, -0.05) is 69.3 Å². The molecule has 0 heterocycles. The Hall–Kier alpha value is -2.64. The van der Waals surface area contributed by atoms with Crippen molar-refractivity contribution in [1.29, 1.82) is 0 Å². The molecular weight excluding hydrogens is 410 g/mol. The van der Waals surface area contributed by atoms with Crippen molar-refractivity contribution < 1.29 is 23.9 Å². The maximum absolute atomic E-state index is 12.4. The largest absolute Gasteiger partial charge is 0.480 e. The molecule has 0 spiro atoms. The molecule has 0 radical (unpaired) electrons. The standard InChI is InChI=1S/C24H31NO5Si/c1-24(2,3)31(4,5)30-15-21(22(26)27)25-23(28)29-14-20-18-12-8-6-10-16(18)17-11-7-9-13-19(17)20/h6-13,20-21H,14-15H2,1-5H3,(H,25,28)(H,26,27)/t21-/m1/s1. The molecule has 0 fully saturated rings. The van der Waals surface area contributed by atoms with E-state index in [0.717, 1.165) is 22.3 Å². The summed E-state index contributed by atoms with van der Waals surface area (Å²) in [6, 6.07) is 15.0. The molecule has 2 aromatic carbocycles. The highest BCUT2D eigenvalue weighted by atomic mass is 28.4. The number of amides is 1. The van der Waals surface area contributed by atoms with Crippen molar-refractivity contribution >= 4 is 20.4 Å². The predicted octanol–water partition coefficient (Wildman–Crippen LogP) is 5.00. The van der Waals surface area contributed by atoms with Crippen molar-refractivity contribution in [1.82, 2.24) is 5.32 Å². The number of aliphatic carboxylic acids is 1. The summed E-state index contributed by atoms with van der Waals surface area (Å²) in [6.07, 6.45) is -0.756. The van der Waals surface area contributed by atoms with Gasteiger partial charge >= 0.3 is 12.1 Å². The summed E-state index contributed by atoms with van der Waals surface area (Å²) in [5.74, 6) is -1.22. The van der Waals surface area contributed by atoms with Crippen molar-refractivity contribution in [3.05, 3.63) is 59.7 Å². The van der Waals surface area contributed by atoms with E-state index < -0.39 is 26.4 Å². The Labute approximate surface area is 184 Å². The molecule has 7 heteroatoms. The molecule has 166 valence electrons. The maximum atomic E-state index is 12.4. The smallest absolute Gasteiger partial charge is 0.407 e. The van der Waals surface area contributed by atoms with Gasteiger partial charge in [0, 0.05) is 5.92 Å². The lowest BCUT2D eigenvalue weighted by atomic mass is 9.98. The summed E-state index contributed by atoms with van der Waals surface area (Å²) in [5, 5.41) is 11.9. The monoisotopic (exact) mass is 441 g/mol. The molecule has 3 rings (SSSR count). The van der Waals surface area contributed by atoms with Gasteiger partial charge in [-0.2, -0.15) is 0 Å². The number of carboxylic acid groups (broad SMARTS) is 1. The van der Waals surface area contributed by atoms with Crippen molar-refractivity contribution in [3.8, 4) is 11.1 Å². The van der Waals surface area contributed by atoms with Crippen molar-refractivity contribution in [2.75, 3.05) is 13.2 Å². The first kappa shape index (κ1) is 23.0. The molecule has 0 bridgehead atoms. The van der Waals surface area contributed by atoms with Crippen LogP contribution < -0.4 is 5.32 Å². The molecule has 0 saturated carbocycles. The number of rotatable bonds is 7. The average Bonchev–Trinajstić information content (AvgIpc) is 3.02. The maximum Gasteiger partial charge on any atom is 0.407 e. The summed E-state index contributed by atoms with van der Waals surface area (Å²) in [6.45, 7) is 10.4. The highest BCUT2D eigenvalue weighted by molar-refractivity contribution is 6.74. The Morgan fingerprint density at radius 2 is 1.55 bits per heavy atom. The molecule has 31 heavy (non-hydrogen) atoms. The van der Waals surface area contributed by atoms with Crippen LogP contribution in [-0.2, 0) is 14.0 Å². The molecule has 0 unspecified atom stereocenters. The second kappa shape index (κ2) is 8.84. The summed E-state index contributed by atoms with van der Waals surface area (Å²) in [4.78, 5) is 24.1. The Balaban J connectivity index is 1.63. The molecule has 1 aliphatic carbocycles. The average molecular weight is 442 g/mol. The number of nitrogens with one attached hydrogen (secondary N) is 1. The minimum absolute atomic E-state index is 0.0557. The van der Waals surface area contributed by atoms with Crippen LogP contribution in [-0.4, -0.2) is 44.7 Å². The molecule has 0 aromatic heterocycles. The Morgan fingerprint density at radius 3 is 2.03 bits per heavy atom. The zero-order valence-corrected chi connectivity index (χ0v) is 19.8. The second-order valence-electron chi connectivity index (χ2n) is 9.43. The third-order valence-corrected chi connectivity index (χ3v) is 10.9. The number of carboxylic acids is 1. The van der Waals surface area contributed by atoms with Crippen molar-refractivity contribution in [2.24, 2.45) is 0 Å². The fourth-order valence-electron chi connectivity index (χ4n) is 3.47. The van der Waals surface area contributed by atoms with Gasteiger partial charge in [-0.15, -0.1) is 0 Å². The van der Waals surface area contributed by atoms with Crippen molar-refractivity contribution in [3.63, 3.8) is 0 Å². The summed E-state index contributed by atoms with van der Waals surface area (Å²) in [7, 11) is -2.14. The first-order valence-electron chi connectivity index (χ1n) is 10.5. The van der Waals surface area contributed by atoms with Crippen LogP contribution in [0, 0.1) is 0 Å². The second-order valence-corrected chi connectivity index (χ2v) is 14.2. The summed E-state index contributed by atoms with van der Waals surface area (Å²) in [5.41, 5.74) is 4.48. The number of hydrogen-bond acceptors (Lipinski definition) is 4. The third kappa shape index (κ3) is 4.99. The molecule has 6 nitrogen and oxygen atoms in total. The Kier molecular flexibility index (Phi) is 6.57. The molecule has 1 amide bonds. The van der Waals surface area contributed by atoms with Crippen LogP contribution in [0.1, 0.15) is 37.8 Å². The zero-order chi connectivity index (χ0) is 22.8. The lowest BCUT2D eigenvalue weighted by Crippen LogP contribution is -2.49. The first-order chi connectivity index (χ1) is 14.5. The minimum Gasteiger partial charge on any atom is -0.480 e. The van der Waals surface area contributed by atoms with Gasteiger partial charge in [0.2, 0.25) is 0 Å². The number of ether oxygens (including phenoxy) is 1.